The van der Waals surface area contributed by atoms with Crippen molar-refractivity contribution in [2.24, 2.45) is 0 Å². The molecule has 1 heterocycles. The summed E-state index contributed by atoms with van der Waals surface area (Å²) >= 11 is 0. The molecule has 1 nitrogen and oxygen atoms in total. The molecule has 8 heteroatoms. The highest BCUT2D eigenvalue weighted by Crippen LogP contribution is 2.36. The highest BCUT2D eigenvalue weighted by Gasteiger charge is 2.36. The predicted octanol–water partition coefficient (Wildman–Crippen LogP) is 9.58. The van der Waals surface area contributed by atoms with Crippen molar-refractivity contribution in [2.75, 3.05) is 13.2 Å². The number of aryl methyl sites for hydroxylation is 1. The van der Waals surface area contributed by atoms with Gasteiger partial charge in [-0.05, 0) is 47.1 Å². The molecule has 0 saturated carbocycles. The molecule has 2 aromatic carbocycles. The predicted molar refractivity (Wildman–Crippen MR) is 130 cm³/mol. The fourth-order valence-corrected chi connectivity index (χ4v) is 3.42. The number of halogens is 7. The van der Waals surface area contributed by atoms with Crippen LogP contribution in [0.1, 0.15) is 82.2 Å². The molecule has 0 unspecified atom stereocenters. The van der Waals surface area contributed by atoms with Crippen molar-refractivity contribution in [3.63, 3.8) is 0 Å². The fourth-order valence-electron chi connectivity index (χ4n) is 3.42. The Morgan fingerprint density at radius 3 is 1.53 bits per heavy atom. The van der Waals surface area contributed by atoms with Gasteiger partial charge >= 0.3 is 12.4 Å². The smallest absolute Gasteiger partial charge is 0.419 e. The zero-order chi connectivity index (χ0) is 28.1. The molecule has 0 atom stereocenters. The highest BCUT2D eigenvalue weighted by atomic mass is 19.4. The van der Waals surface area contributed by atoms with Gasteiger partial charge in [0.25, 0.3) is 0 Å². The Balaban J connectivity index is 0.000000293. The van der Waals surface area contributed by atoms with Gasteiger partial charge in [0.1, 0.15) is 19.0 Å². The van der Waals surface area contributed by atoms with Crippen LogP contribution in [0.3, 0.4) is 0 Å². The van der Waals surface area contributed by atoms with E-state index < -0.39 is 34.7 Å². The summed E-state index contributed by atoms with van der Waals surface area (Å²) in [4.78, 5) is 0. The Morgan fingerprint density at radius 1 is 0.694 bits per heavy atom. The molecule has 3 rings (SSSR count). The SMILES string of the molecule is CC(C)(C)c1cccc(C(F)(F)F)c1F.Cc1cc(C(C)(C)C)cc(C(F)(F)F)c1.[CH2-][O+]1CCCC1. The van der Waals surface area contributed by atoms with Crippen molar-refractivity contribution >= 4 is 0 Å². The van der Waals surface area contributed by atoms with E-state index >= 15 is 0 Å². The first-order valence-electron chi connectivity index (χ1n) is 11.7. The molecule has 0 N–H and O–H groups in total. The fraction of sp³-hybridized carbons (Fsp3) is 0.536. The molecule has 1 aliphatic rings. The van der Waals surface area contributed by atoms with E-state index in [1.165, 1.54) is 37.1 Å². The molecule has 0 aliphatic carbocycles. The number of alkyl halides is 6. The summed E-state index contributed by atoms with van der Waals surface area (Å²) in [6.07, 6.45) is -6.26. The molecule has 1 aliphatic heterocycles. The Labute approximate surface area is 210 Å². The van der Waals surface area contributed by atoms with Crippen molar-refractivity contribution in [2.45, 2.75) is 84.5 Å². The molecular formula is C28H37F7O. The van der Waals surface area contributed by atoms with Gasteiger partial charge in [-0.3, -0.25) is 0 Å². The molecule has 1 saturated heterocycles. The first-order chi connectivity index (χ1) is 16.1. The van der Waals surface area contributed by atoms with Crippen LogP contribution in [0, 0.1) is 19.9 Å². The summed E-state index contributed by atoms with van der Waals surface area (Å²) in [6.45, 7) is 14.7. The average Bonchev–Trinajstić information content (AvgIpc) is 3.16. The molecule has 0 spiro atoms. The van der Waals surface area contributed by atoms with Crippen LogP contribution in [0.15, 0.2) is 36.4 Å². The molecule has 0 bridgehead atoms. The van der Waals surface area contributed by atoms with Crippen molar-refractivity contribution in [3.05, 3.63) is 77.1 Å². The van der Waals surface area contributed by atoms with Crippen molar-refractivity contribution in [3.8, 4) is 0 Å². The summed E-state index contributed by atoms with van der Waals surface area (Å²) in [5.74, 6) is -1.17. The third kappa shape index (κ3) is 10.1. The van der Waals surface area contributed by atoms with E-state index in [4.69, 9.17) is 0 Å². The van der Waals surface area contributed by atoms with Crippen LogP contribution in [-0.4, -0.2) is 13.2 Å². The van der Waals surface area contributed by atoms with Crippen LogP contribution in [0.25, 0.3) is 0 Å². The van der Waals surface area contributed by atoms with Gasteiger partial charge in [0.2, 0.25) is 0 Å². The lowest BCUT2D eigenvalue weighted by Gasteiger charge is -2.21. The molecule has 1 fully saturated rings. The van der Waals surface area contributed by atoms with E-state index in [-0.39, 0.29) is 11.0 Å². The van der Waals surface area contributed by atoms with Crippen molar-refractivity contribution < 1.29 is 35.1 Å². The highest BCUT2D eigenvalue weighted by molar-refractivity contribution is 5.35. The van der Waals surface area contributed by atoms with Crippen LogP contribution in [0.4, 0.5) is 30.7 Å². The molecule has 204 valence electrons. The molecular weight excluding hydrogens is 485 g/mol. The summed E-state index contributed by atoms with van der Waals surface area (Å²) < 4.78 is 91.1. The molecule has 36 heavy (non-hydrogen) atoms. The molecule has 2 aromatic rings. The van der Waals surface area contributed by atoms with Gasteiger partial charge in [0, 0.05) is 12.8 Å². The molecule has 0 aromatic heterocycles. The largest absolute Gasteiger partial charge is 0.570 e. The van der Waals surface area contributed by atoms with E-state index in [1.54, 1.807) is 33.8 Å². The number of hydrogen-bond acceptors (Lipinski definition) is 0. The third-order valence-electron chi connectivity index (χ3n) is 5.50. The standard InChI is InChI=1S/C12H15F3.C11H12F4.C5H10O/c1-8-5-9(11(2,3)4)7-10(6-8)12(13,14)15;1-10(2,3)7-5-4-6-8(9(7)12)11(13,14)15;1-6-4-2-3-5-6/h5-7H,1-4H3;4-6H,1-3H3;1-5H2. The summed E-state index contributed by atoms with van der Waals surface area (Å²) in [5.41, 5.74) is -1.21. The van der Waals surface area contributed by atoms with E-state index in [2.05, 4.69) is 11.5 Å². The second-order valence-corrected chi connectivity index (χ2v) is 11.0. The van der Waals surface area contributed by atoms with Crippen LogP contribution < -0.4 is 0 Å². The number of benzene rings is 2. The minimum absolute atomic E-state index is 0.0809. The Morgan fingerprint density at radius 2 is 1.17 bits per heavy atom. The summed E-state index contributed by atoms with van der Waals surface area (Å²) in [6, 6.07) is 7.57. The average molecular weight is 523 g/mol. The maximum atomic E-state index is 13.5. The third-order valence-corrected chi connectivity index (χ3v) is 5.50. The van der Waals surface area contributed by atoms with Gasteiger partial charge in [-0.2, -0.15) is 26.3 Å². The topological polar surface area (TPSA) is 2.70 Å². The Kier molecular flexibility index (Phi) is 10.6. The second kappa shape index (κ2) is 12.0. The van der Waals surface area contributed by atoms with Gasteiger partial charge in [-0.15, -0.1) is 0 Å². The van der Waals surface area contributed by atoms with Crippen LogP contribution >= 0.6 is 0 Å². The lowest BCUT2D eigenvalue weighted by Crippen LogP contribution is -2.17. The maximum Gasteiger partial charge on any atom is 0.419 e. The summed E-state index contributed by atoms with van der Waals surface area (Å²) in [5, 5.41) is 0. The first kappa shape index (κ1) is 31.9. The quantitative estimate of drug-likeness (QED) is 0.184. The lowest BCUT2D eigenvalue weighted by atomic mass is 9.85. The Hall–Kier alpha value is -2.09. The normalized spacial score (nSPS) is 15.1. The minimum atomic E-state index is -4.63. The van der Waals surface area contributed by atoms with E-state index in [0.717, 1.165) is 24.8 Å². The zero-order valence-corrected chi connectivity index (χ0v) is 22.1. The lowest BCUT2D eigenvalue weighted by molar-refractivity contribution is -0.140. The zero-order valence-electron chi connectivity index (χ0n) is 22.1. The van der Waals surface area contributed by atoms with Crippen molar-refractivity contribution in [1.82, 2.24) is 0 Å². The van der Waals surface area contributed by atoms with E-state index in [1.807, 2.05) is 20.8 Å². The van der Waals surface area contributed by atoms with Crippen molar-refractivity contribution in [1.29, 1.82) is 0 Å². The second-order valence-electron chi connectivity index (χ2n) is 11.0. The Bertz CT molecular complexity index is 907. The minimum Gasteiger partial charge on any atom is -0.570 e. The van der Waals surface area contributed by atoms with Gasteiger partial charge in [-0.25, -0.2) is 4.39 Å². The van der Waals surface area contributed by atoms with Crippen LogP contribution in [-0.2, 0) is 27.5 Å². The van der Waals surface area contributed by atoms with Crippen LogP contribution in [0.2, 0.25) is 0 Å². The van der Waals surface area contributed by atoms with Gasteiger partial charge in [0.05, 0.1) is 11.1 Å². The number of hydrogen-bond donors (Lipinski definition) is 0. The first-order valence-corrected chi connectivity index (χ1v) is 11.7. The molecule has 0 amide bonds. The van der Waals surface area contributed by atoms with Gasteiger partial charge in [-0.1, -0.05) is 72.4 Å². The van der Waals surface area contributed by atoms with Gasteiger partial charge in [0.15, 0.2) is 0 Å². The van der Waals surface area contributed by atoms with Crippen LogP contribution in [0.5, 0.6) is 0 Å². The number of rotatable bonds is 0. The van der Waals surface area contributed by atoms with E-state index in [0.29, 0.717) is 5.56 Å². The monoisotopic (exact) mass is 522 g/mol. The van der Waals surface area contributed by atoms with Gasteiger partial charge < -0.3 is 4.37 Å². The maximum absolute atomic E-state index is 13.5. The van der Waals surface area contributed by atoms with E-state index in [9.17, 15) is 30.7 Å². The summed E-state index contributed by atoms with van der Waals surface area (Å²) in [7, 11) is 3.69. The molecule has 0 radical (unpaired) electrons.